The summed E-state index contributed by atoms with van der Waals surface area (Å²) >= 11 is 6.13. The Morgan fingerprint density at radius 1 is 1.19 bits per heavy atom. The highest BCUT2D eigenvalue weighted by atomic mass is 35.5. The molecule has 0 aliphatic rings. The molecule has 0 aliphatic carbocycles. The monoisotopic (exact) mass is 303 g/mol. The molecule has 1 unspecified atom stereocenters. The van der Waals surface area contributed by atoms with Crippen molar-refractivity contribution in [3.05, 3.63) is 64.2 Å². The van der Waals surface area contributed by atoms with Crippen LogP contribution in [0.5, 0.6) is 5.75 Å². The van der Waals surface area contributed by atoms with Gasteiger partial charge in [0.2, 0.25) is 0 Å². The number of halogens is 1. The highest BCUT2D eigenvalue weighted by Crippen LogP contribution is 2.24. The average Bonchev–Trinajstić information content (AvgIpc) is 2.50. The average molecular weight is 304 g/mol. The first kappa shape index (κ1) is 15.9. The lowest BCUT2D eigenvalue weighted by atomic mass is 9.97. The molecule has 2 nitrogen and oxygen atoms in total. The number of hydrogen-bond acceptors (Lipinski definition) is 2. The molecule has 2 aromatic rings. The quantitative estimate of drug-likeness (QED) is 0.845. The summed E-state index contributed by atoms with van der Waals surface area (Å²) in [5.74, 6) is 0.898. The van der Waals surface area contributed by atoms with E-state index < -0.39 is 0 Å². The molecule has 3 heteroatoms. The lowest BCUT2D eigenvalue weighted by Crippen LogP contribution is -2.23. The molecule has 0 heterocycles. The largest absolute Gasteiger partial charge is 0.497 e. The molecule has 0 amide bonds. The van der Waals surface area contributed by atoms with Crippen molar-refractivity contribution in [2.24, 2.45) is 0 Å². The van der Waals surface area contributed by atoms with Gasteiger partial charge in [-0.25, -0.2) is 0 Å². The Labute approximate surface area is 132 Å². The predicted octanol–water partition coefficient (Wildman–Crippen LogP) is 4.55. The van der Waals surface area contributed by atoms with Gasteiger partial charge in [-0.2, -0.15) is 0 Å². The summed E-state index contributed by atoms with van der Waals surface area (Å²) in [7, 11) is 1.70. The van der Waals surface area contributed by atoms with Crippen molar-refractivity contribution in [1.82, 2.24) is 5.32 Å². The summed E-state index contributed by atoms with van der Waals surface area (Å²) in [6.45, 7) is 5.10. The van der Waals surface area contributed by atoms with Crippen LogP contribution in [0.2, 0.25) is 5.02 Å². The maximum atomic E-state index is 6.13. The molecule has 0 fully saturated rings. The maximum absolute atomic E-state index is 6.13. The first-order valence-corrected chi connectivity index (χ1v) is 7.64. The molecule has 1 atom stereocenters. The lowest BCUT2D eigenvalue weighted by Gasteiger charge is -2.19. The Morgan fingerprint density at radius 2 is 2.00 bits per heavy atom. The first-order valence-electron chi connectivity index (χ1n) is 7.26. The van der Waals surface area contributed by atoms with E-state index in [0.717, 1.165) is 29.3 Å². The van der Waals surface area contributed by atoms with Crippen molar-refractivity contribution in [1.29, 1.82) is 0 Å². The van der Waals surface area contributed by atoms with Crippen molar-refractivity contribution in [2.45, 2.75) is 26.3 Å². The van der Waals surface area contributed by atoms with Gasteiger partial charge < -0.3 is 10.1 Å². The molecule has 112 valence electrons. The van der Waals surface area contributed by atoms with Gasteiger partial charge >= 0.3 is 0 Å². The van der Waals surface area contributed by atoms with Crippen LogP contribution in [-0.4, -0.2) is 13.7 Å². The van der Waals surface area contributed by atoms with Crippen LogP contribution < -0.4 is 10.1 Å². The molecule has 2 aromatic carbocycles. The zero-order chi connectivity index (χ0) is 15.2. The van der Waals surface area contributed by atoms with Crippen molar-refractivity contribution in [3.63, 3.8) is 0 Å². The smallest absolute Gasteiger partial charge is 0.119 e. The van der Waals surface area contributed by atoms with Crippen LogP contribution >= 0.6 is 11.6 Å². The zero-order valence-electron chi connectivity index (χ0n) is 12.8. The summed E-state index contributed by atoms with van der Waals surface area (Å²) in [4.78, 5) is 0. The molecule has 2 rings (SSSR count). The van der Waals surface area contributed by atoms with E-state index in [0.29, 0.717) is 0 Å². The number of benzene rings is 2. The molecule has 1 N–H and O–H groups in total. The summed E-state index contributed by atoms with van der Waals surface area (Å²) in [6, 6.07) is 14.7. The third kappa shape index (κ3) is 4.23. The summed E-state index contributed by atoms with van der Waals surface area (Å²) < 4.78 is 5.30. The number of likely N-dealkylation sites (N-methyl/N-ethyl adjacent to an activating group) is 1. The van der Waals surface area contributed by atoms with E-state index >= 15 is 0 Å². The van der Waals surface area contributed by atoms with Gasteiger partial charge in [0, 0.05) is 11.1 Å². The number of aryl methyl sites for hydroxylation is 1. The molecule has 0 aromatic heterocycles. The fraction of sp³-hybridized carbons (Fsp3) is 0.333. The summed E-state index contributed by atoms with van der Waals surface area (Å²) in [6.07, 6.45) is 0.923. The Kier molecular flexibility index (Phi) is 5.66. The summed E-state index contributed by atoms with van der Waals surface area (Å²) in [5.41, 5.74) is 3.64. The fourth-order valence-corrected chi connectivity index (χ4v) is 2.59. The van der Waals surface area contributed by atoms with Crippen LogP contribution in [-0.2, 0) is 6.42 Å². The number of rotatable bonds is 6. The molecule has 0 radical (unpaired) electrons. The highest BCUT2D eigenvalue weighted by Gasteiger charge is 2.12. The van der Waals surface area contributed by atoms with Gasteiger partial charge in [0.25, 0.3) is 0 Å². The van der Waals surface area contributed by atoms with Gasteiger partial charge in [-0.1, -0.05) is 42.8 Å². The molecule has 21 heavy (non-hydrogen) atoms. The molecule has 0 saturated carbocycles. The standard InChI is InChI=1S/C18H22ClNO/c1-4-20-18(15-8-9-17(19)13(2)10-15)12-14-6-5-7-16(11-14)21-3/h5-11,18,20H,4,12H2,1-3H3. The predicted molar refractivity (Wildman–Crippen MR) is 89.3 cm³/mol. The van der Waals surface area contributed by atoms with Crippen LogP contribution in [0.1, 0.15) is 29.7 Å². The van der Waals surface area contributed by atoms with Crippen LogP contribution in [0.25, 0.3) is 0 Å². The van der Waals surface area contributed by atoms with Gasteiger partial charge in [0.05, 0.1) is 7.11 Å². The van der Waals surface area contributed by atoms with Gasteiger partial charge in [-0.05, 0) is 54.8 Å². The molecule has 0 aliphatic heterocycles. The second-order valence-corrected chi connectivity index (χ2v) is 5.58. The molecular formula is C18H22ClNO. The minimum atomic E-state index is 0.276. The van der Waals surface area contributed by atoms with Crippen molar-refractivity contribution >= 4 is 11.6 Å². The molecular weight excluding hydrogens is 282 g/mol. The van der Waals surface area contributed by atoms with Crippen LogP contribution in [0.15, 0.2) is 42.5 Å². The SMILES string of the molecule is CCNC(Cc1cccc(OC)c1)c1ccc(Cl)c(C)c1. The highest BCUT2D eigenvalue weighted by molar-refractivity contribution is 6.31. The Bertz CT molecular complexity index is 598. The minimum Gasteiger partial charge on any atom is -0.497 e. The van der Waals surface area contributed by atoms with E-state index in [9.17, 15) is 0 Å². The number of nitrogens with one attached hydrogen (secondary N) is 1. The van der Waals surface area contributed by atoms with Crippen LogP contribution in [0.3, 0.4) is 0 Å². The van der Waals surface area contributed by atoms with E-state index in [1.807, 2.05) is 25.1 Å². The third-order valence-corrected chi connectivity index (χ3v) is 4.03. The Morgan fingerprint density at radius 3 is 2.67 bits per heavy atom. The van der Waals surface area contributed by atoms with E-state index in [1.165, 1.54) is 11.1 Å². The van der Waals surface area contributed by atoms with Gasteiger partial charge in [0.15, 0.2) is 0 Å². The normalized spacial score (nSPS) is 12.2. The zero-order valence-corrected chi connectivity index (χ0v) is 13.6. The fourth-order valence-electron chi connectivity index (χ4n) is 2.47. The van der Waals surface area contributed by atoms with Crippen LogP contribution in [0, 0.1) is 6.92 Å². The van der Waals surface area contributed by atoms with Gasteiger partial charge in [-0.3, -0.25) is 0 Å². The maximum Gasteiger partial charge on any atom is 0.119 e. The van der Waals surface area contributed by atoms with E-state index in [1.54, 1.807) is 7.11 Å². The summed E-state index contributed by atoms with van der Waals surface area (Å²) in [5, 5.41) is 4.36. The number of ether oxygens (including phenoxy) is 1. The van der Waals surface area contributed by atoms with E-state index in [4.69, 9.17) is 16.3 Å². The molecule has 0 bridgehead atoms. The third-order valence-electron chi connectivity index (χ3n) is 3.61. The Hall–Kier alpha value is -1.51. The number of methoxy groups -OCH3 is 1. The van der Waals surface area contributed by atoms with Crippen molar-refractivity contribution in [3.8, 4) is 5.75 Å². The first-order chi connectivity index (χ1) is 10.1. The van der Waals surface area contributed by atoms with E-state index in [2.05, 4.69) is 36.5 Å². The van der Waals surface area contributed by atoms with Gasteiger partial charge in [0.1, 0.15) is 5.75 Å². The van der Waals surface area contributed by atoms with Crippen molar-refractivity contribution < 1.29 is 4.74 Å². The van der Waals surface area contributed by atoms with Crippen molar-refractivity contribution in [2.75, 3.05) is 13.7 Å². The van der Waals surface area contributed by atoms with Crippen LogP contribution in [0.4, 0.5) is 0 Å². The second-order valence-electron chi connectivity index (χ2n) is 5.17. The topological polar surface area (TPSA) is 21.3 Å². The second kappa shape index (κ2) is 7.48. The van der Waals surface area contributed by atoms with Gasteiger partial charge in [-0.15, -0.1) is 0 Å². The Balaban J connectivity index is 2.23. The molecule has 0 saturated heterocycles. The minimum absolute atomic E-state index is 0.276. The lowest BCUT2D eigenvalue weighted by molar-refractivity contribution is 0.414. The number of hydrogen-bond donors (Lipinski definition) is 1. The molecule has 0 spiro atoms. The van der Waals surface area contributed by atoms with E-state index in [-0.39, 0.29) is 6.04 Å².